The van der Waals surface area contributed by atoms with E-state index in [9.17, 15) is 17.6 Å². The second-order valence-electron chi connectivity index (χ2n) is 5.91. The number of benzene rings is 3. The summed E-state index contributed by atoms with van der Waals surface area (Å²) in [5.41, 5.74) is 1.73. The summed E-state index contributed by atoms with van der Waals surface area (Å²) in [5, 5.41) is 2.76. The molecule has 0 radical (unpaired) electrons. The molecule has 0 aliphatic heterocycles. The summed E-state index contributed by atoms with van der Waals surface area (Å²) in [7, 11) is -3.88. The van der Waals surface area contributed by atoms with E-state index >= 15 is 0 Å². The molecule has 3 rings (SSSR count). The number of carbonyl (C=O) groups excluding carboxylic acids is 1. The van der Waals surface area contributed by atoms with Gasteiger partial charge in [0.1, 0.15) is 5.82 Å². The number of aryl methyl sites for hydroxylation is 1. The maximum absolute atomic E-state index is 13.2. The zero-order valence-corrected chi connectivity index (χ0v) is 15.3. The summed E-state index contributed by atoms with van der Waals surface area (Å²) in [6.45, 7) is 1.70. The number of hydrogen-bond acceptors (Lipinski definition) is 3. The van der Waals surface area contributed by atoms with Gasteiger partial charge in [-0.25, -0.2) is 12.8 Å². The molecule has 2 N–H and O–H groups in total. The molecule has 0 atom stereocenters. The normalized spacial score (nSPS) is 11.0. The van der Waals surface area contributed by atoms with E-state index in [4.69, 9.17) is 0 Å². The van der Waals surface area contributed by atoms with Crippen LogP contribution in [0.5, 0.6) is 0 Å². The Morgan fingerprint density at radius 1 is 0.926 bits per heavy atom. The third-order valence-electron chi connectivity index (χ3n) is 3.87. The fourth-order valence-electron chi connectivity index (χ4n) is 2.49. The molecule has 3 aromatic rings. The van der Waals surface area contributed by atoms with Gasteiger partial charge in [-0.15, -0.1) is 0 Å². The number of sulfonamides is 1. The molecule has 1 amide bonds. The zero-order valence-electron chi connectivity index (χ0n) is 14.4. The van der Waals surface area contributed by atoms with Crippen molar-refractivity contribution in [3.05, 3.63) is 89.7 Å². The molecule has 0 unspecified atom stereocenters. The number of hydrogen-bond donors (Lipinski definition) is 2. The van der Waals surface area contributed by atoms with E-state index in [0.29, 0.717) is 16.8 Å². The van der Waals surface area contributed by atoms with Crippen LogP contribution in [-0.2, 0) is 10.0 Å². The summed E-state index contributed by atoms with van der Waals surface area (Å²) >= 11 is 0. The molecule has 27 heavy (non-hydrogen) atoms. The quantitative estimate of drug-likeness (QED) is 0.693. The molecular formula is C20H17FN2O3S. The van der Waals surface area contributed by atoms with Crippen molar-refractivity contribution >= 4 is 27.3 Å². The summed E-state index contributed by atoms with van der Waals surface area (Å²) in [6, 6.07) is 18.3. The average Bonchev–Trinajstić information content (AvgIpc) is 2.63. The number of carbonyl (C=O) groups is 1. The summed E-state index contributed by atoms with van der Waals surface area (Å²) in [5.74, 6) is -0.822. The van der Waals surface area contributed by atoms with E-state index in [1.807, 2.05) is 6.07 Å². The molecular weight excluding hydrogens is 367 g/mol. The van der Waals surface area contributed by atoms with Crippen LogP contribution >= 0.6 is 0 Å². The molecule has 3 aromatic carbocycles. The van der Waals surface area contributed by atoms with E-state index in [-0.39, 0.29) is 16.5 Å². The molecule has 0 saturated heterocycles. The Labute approximate surface area is 156 Å². The van der Waals surface area contributed by atoms with Crippen molar-refractivity contribution in [1.29, 1.82) is 0 Å². The van der Waals surface area contributed by atoms with Gasteiger partial charge in [-0.3, -0.25) is 9.52 Å². The third kappa shape index (κ3) is 4.51. The number of amides is 1. The minimum Gasteiger partial charge on any atom is -0.322 e. The predicted octanol–water partition coefficient (Wildman–Crippen LogP) is 4.19. The number of rotatable bonds is 5. The smallest absolute Gasteiger partial charge is 0.261 e. The number of nitrogens with one attached hydrogen (secondary N) is 2. The average molecular weight is 384 g/mol. The zero-order chi connectivity index (χ0) is 19.4. The highest BCUT2D eigenvalue weighted by molar-refractivity contribution is 7.92. The van der Waals surface area contributed by atoms with E-state index in [0.717, 1.165) is 6.07 Å². The van der Waals surface area contributed by atoms with E-state index in [1.54, 1.807) is 31.2 Å². The van der Waals surface area contributed by atoms with Gasteiger partial charge in [-0.05, 0) is 61.0 Å². The lowest BCUT2D eigenvalue weighted by atomic mass is 10.1. The third-order valence-corrected chi connectivity index (χ3v) is 5.25. The lowest BCUT2D eigenvalue weighted by molar-refractivity contribution is 0.102. The second kappa shape index (κ2) is 7.59. The predicted molar refractivity (Wildman–Crippen MR) is 103 cm³/mol. The van der Waals surface area contributed by atoms with E-state index < -0.39 is 15.8 Å². The molecule has 0 aromatic heterocycles. The minimum absolute atomic E-state index is 0.0157. The van der Waals surface area contributed by atoms with Crippen LogP contribution in [0, 0.1) is 12.7 Å². The Kier molecular flexibility index (Phi) is 5.23. The molecule has 0 heterocycles. The van der Waals surface area contributed by atoms with Gasteiger partial charge >= 0.3 is 0 Å². The first kappa shape index (κ1) is 18.6. The first-order valence-electron chi connectivity index (χ1n) is 8.10. The van der Waals surface area contributed by atoms with Crippen LogP contribution in [0.3, 0.4) is 0 Å². The molecule has 7 heteroatoms. The summed E-state index contributed by atoms with van der Waals surface area (Å²) < 4.78 is 40.6. The van der Waals surface area contributed by atoms with Crippen LogP contribution < -0.4 is 10.0 Å². The SMILES string of the molecule is Cc1cc(S(=O)(=O)Nc2cccc(F)c2)ccc1NC(=O)c1ccccc1. The van der Waals surface area contributed by atoms with Gasteiger partial charge in [-0.1, -0.05) is 24.3 Å². The lowest BCUT2D eigenvalue weighted by Crippen LogP contribution is -2.15. The van der Waals surface area contributed by atoms with E-state index in [2.05, 4.69) is 10.0 Å². The van der Waals surface area contributed by atoms with Crippen molar-refractivity contribution in [2.75, 3.05) is 10.0 Å². The molecule has 0 fully saturated rings. The molecule has 5 nitrogen and oxygen atoms in total. The highest BCUT2D eigenvalue weighted by Crippen LogP contribution is 2.22. The second-order valence-corrected chi connectivity index (χ2v) is 7.60. The fourth-order valence-corrected chi connectivity index (χ4v) is 3.63. The lowest BCUT2D eigenvalue weighted by Gasteiger charge is -2.12. The highest BCUT2D eigenvalue weighted by atomic mass is 32.2. The van der Waals surface area contributed by atoms with Crippen LogP contribution in [0.2, 0.25) is 0 Å². The van der Waals surface area contributed by atoms with E-state index in [1.165, 1.54) is 36.4 Å². The van der Waals surface area contributed by atoms with Crippen molar-refractivity contribution in [3.63, 3.8) is 0 Å². The van der Waals surface area contributed by atoms with Gasteiger partial charge in [-0.2, -0.15) is 0 Å². The number of halogens is 1. The number of anilines is 2. The minimum atomic E-state index is -3.88. The Bertz CT molecular complexity index is 1080. The van der Waals surface area contributed by atoms with Crippen LogP contribution in [0.25, 0.3) is 0 Å². The van der Waals surface area contributed by atoms with Crippen molar-refractivity contribution < 1.29 is 17.6 Å². The van der Waals surface area contributed by atoms with Gasteiger partial charge in [0.15, 0.2) is 0 Å². The fraction of sp³-hybridized carbons (Fsp3) is 0.0500. The van der Waals surface area contributed by atoms with Gasteiger partial charge in [0.2, 0.25) is 0 Å². The highest BCUT2D eigenvalue weighted by Gasteiger charge is 2.16. The van der Waals surface area contributed by atoms with Crippen molar-refractivity contribution in [2.45, 2.75) is 11.8 Å². The summed E-state index contributed by atoms with van der Waals surface area (Å²) in [4.78, 5) is 12.3. The Balaban J connectivity index is 1.80. The first-order valence-corrected chi connectivity index (χ1v) is 9.59. The molecule has 0 aliphatic carbocycles. The Hall–Kier alpha value is -3.19. The molecule has 138 valence electrons. The summed E-state index contributed by atoms with van der Waals surface area (Å²) in [6.07, 6.45) is 0. The van der Waals surface area contributed by atoms with Gasteiger partial charge in [0, 0.05) is 11.3 Å². The van der Waals surface area contributed by atoms with Gasteiger partial charge in [0.25, 0.3) is 15.9 Å². The van der Waals surface area contributed by atoms with Crippen molar-refractivity contribution in [3.8, 4) is 0 Å². The van der Waals surface area contributed by atoms with Crippen molar-refractivity contribution in [1.82, 2.24) is 0 Å². The van der Waals surface area contributed by atoms with Crippen molar-refractivity contribution in [2.24, 2.45) is 0 Å². The monoisotopic (exact) mass is 384 g/mol. The Morgan fingerprint density at radius 2 is 1.67 bits per heavy atom. The maximum atomic E-state index is 13.2. The Morgan fingerprint density at radius 3 is 2.33 bits per heavy atom. The standard InChI is InChI=1S/C20H17FN2O3S/c1-14-12-18(27(25,26)23-17-9-5-8-16(21)13-17)10-11-19(14)22-20(24)15-6-3-2-4-7-15/h2-13,23H,1H3,(H,22,24). The maximum Gasteiger partial charge on any atom is 0.261 e. The van der Waals surface area contributed by atoms with Crippen LogP contribution in [0.4, 0.5) is 15.8 Å². The topological polar surface area (TPSA) is 75.3 Å². The molecule has 0 bridgehead atoms. The molecule has 0 spiro atoms. The first-order chi connectivity index (χ1) is 12.8. The molecule has 0 saturated carbocycles. The largest absolute Gasteiger partial charge is 0.322 e. The van der Waals surface area contributed by atoms with Crippen LogP contribution in [0.15, 0.2) is 77.7 Å². The van der Waals surface area contributed by atoms with Crippen LogP contribution in [-0.4, -0.2) is 14.3 Å². The molecule has 0 aliphatic rings. The van der Waals surface area contributed by atoms with Gasteiger partial charge < -0.3 is 5.32 Å². The van der Waals surface area contributed by atoms with Crippen LogP contribution in [0.1, 0.15) is 15.9 Å². The van der Waals surface area contributed by atoms with Gasteiger partial charge in [0.05, 0.1) is 10.6 Å².